The van der Waals surface area contributed by atoms with Crippen molar-refractivity contribution in [3.05, 3.63) is 30.9 Å². The topological polar surface area (TPSA) is 38.0 Å². The monoisotopic (exact) mass is 426 g/mol. The molecule has 0 aliphatic heterocycles. The maximum Gasteiger partial charge on any atom is 0.127 e. The van der Waals surface area contributed by atoms with E-state index in [2.05, 4.69) is 40.6 Å². The van der Waals surface area contributed by atoms with Gasteiger partial charge in [0, 0.05) is 24.3 Å². The summed E-state index contributed by atoms with van der Waals surface area (Å²) in [4.78, 5) is 4.20. The van der Waals surface area contributed by atoms with Gasteiger partial charge in [0.2, 0.25) is 0 Å². The molecule has 4 saturated carbocycles. The van der Waals surface area contributed by atoms with Crippen molar-refractivity contribution in [1.29, 1.82) is 0 Å². The maximum atomic E-state index is 10.8. The van der Waals surface area contributed by atoms with Crippen LogP contribution in [-0.4, -0.2) is 20.3 Å². The number of hydrogen-bond acceptors (Lipinski definition) is 2. The van der Waals surface area contributed by atoms with Crippen LogP contribution in [0.3, 0.4) is 0 Å². The second kappa shape index (κ2) is 7.72. The van der Waals surface area contributed by atoms with E-state index in [9.17, 15) is 5.11 Å². The van der Waals surface area contributed by atoms with E-state index in [0.717, 1.165) is 49.5 Å². The molecule has 8 atom stereocenters. The zero-order valence-corrected chi connectivity index (χ0v) is 18.9. The molecule has 0 unspecified atom stereocenters. The van der Waals surface area contributed by atoms with E-state index in [1.165, 1.54) is 44.1 Å². The van der Waals surface area contributed by atoms with Crippen LogP contribution in [0.1, 0.15) is 64.7 Å². The lowest BCUT2D eigenvalue weighted by atomic mass is 9.48. The minimum absolute atomic E-state index is 0.408. The average molecular weight is 427 g/mol. The second-order valence-corrected chi connectivity index (χ2v) is 11.2. The molecular formula is C26H35ClN2O. The Hall–Kier alpha value is -1.24. The molecule has 0 saturated heterocycles. The van der Waals surface area contributed by atoms with Crippen LogP contribution in [0.4, 0.5) is 0 Å². The summed E-state index contributed by atoms with van der Waals surface area (Å²) in [5, 5.41) is 13.3. The smallest absolute Gasteiger partial charge is 0.127 e. The summed E-state index contributed by atoms with van der Waals surface area (Å²) < 4.78 is 2.17. The molecule has 0 aromatic carbocycles. The van der Waals surface area contributed by atoms with Crippen molar-refractivity contribution in [2.24, 2.45) is 40.9 Å². The van der Waals surface area contributed by atoms with Crippen LogP contribution >= 0.6 is 11.6 Å². The van der Waals surface area contributed by atoms with Gasteiger partial charge in [-0.25, -0.2) is 4.98 Å². The van der Waals surface area contributed by atoms with Crippen LogP contribution in [0.15, 0.2) is 30.9 Å². The normalized spacial score (nSPS) is 44.9. The molecule has 4 aliphatic carbocycles. The number of nitrogens with zero attached hydrogens (tertiary/aromatic N) is 2. The van der Waals surface area contributed by atoms with Gasteiger partial charge in [0.15, 0.2) is 0 Å². The van der Waals surface area contributed by atoms with Crippen LogP contribution in [0, 0.1) is 52.2 Å². The molecular weight excluding hydrogens is 392 g/mol. The molecule has 3 nitrogen and oxygen atoms in total. The summed E-state index contributed by atoms with van der Waals surface area (Å²) in [6.07, 6.45) is 16.5. The summed E-state index contributed by atoms with van der Waals surface area (Å²) in [5.41, 5.74) is 0.959. The van der Waals surface area contributed by atoms with E-state index in [1.807, 2.05) is 12.5 Å². The third-order valence-corrected chi connectivity index (χ3v) is 9.82. The molecule has 162 valence electrons. The van der Waals surface area contributed by atoms with Crippen LogP contribution in [0.2, 0.25) is 0 Å². The lowest BCUT2D eigenvalue weighted by Crippen LogP contribution is -2.50. The van der Waals surface area contributed by atoms with E-state index in [-0.39, 0.29) is 0 Å². The van der Waals surface area contributed by atoms with Crippen molar-refractivity contribution in [1.82, 2.24) is 9.55 Å². The van der Waals surface area contributed by atoms with E-state index >= 15 is 0 Å². The van der Waals surface area contributed by atoms with Gasteiger partial charge >= 0.3 is 0 Å². The molecule has 30 heavy (non-hydrogen) atoms. The van der Waals surface area contributed by atoms with Crippen molar-refractivity contribution in [3.8, 4) is 11.3 Å². The predicted molar refractivity (Wildman–Crippen MR) is 121 cm³/mol. The van der Waals surface area contributed by atoms with Crippen LogP contribution in [0.5, 0.6) is 0 Å². The fraction of sp³-hybridized carbons (Fsp3) is 0.731. The van der Waals surface area contributed by atoms with Gasteiger partial charge in [-0.1, -0.05) is 25.0 Å². The number of allylic oxidation sites excluding steroid dienone is 1. The Bertz CT molecular complexity index is 854. The Morgan fingerprint density at radius 3 is 2.77 bits per heavy atom. The van der Waals surface area contributed by atoms with Gasteiger partial charge in [0.25, 0.3) is 0 Å². The SMILES string of the molecule is C=C(Cn1ccnc1)[C@H]1CC[C@H]2[C@@H]3CC[C@@H]4C[C@@](O)(C#CCl)CC[C@@H]4[C@H]3CC[C@]12C. The largest absolute Gasteiger partial charge is 0.378 e. The highest BCUT2D eigenvalue weighted by atomic mass is 35.5. The standard InChI is InChI=1S/C26H35ClN2O/c1-18(16-29-14-13-28-17-29)23-5-6-24-22-4-3-19-15-26(30,11-12-27)10-8-20(19)21(22)7-9-25(23,24)2/h13-14,17,19-24,30H,1,3-10,15-16H2,2H3/t19-,20+,21-,22-,23-,24+,25-,26+/m1/s1. The lowest BCUT2D eigenvalue weighted by Gasteiger charge is -2.57. The summed E-state index contributed by atoms with van der Waals surface area (Å²) in [6.45, 7) is 8.04. The third kappa shape index (κ3) is 3.35. The molecule has 1 heterocycles. The summed E-state index contributed by atoms with van der Waals surface area (Å²) in [6, 6.07) is 0. The first-order valence-corrected chi connectivity index (χ1v) is 12.3. The first-order valence-electron chi connectivity index (χ1n) is 11.9. The van der Waals surface area contributed by atoms with E-state index in [0.29, 0.717) is 17.3 Å². The quantitative estimate of drug-likeness (QED) is 0.501. The highest BCUT2D eigenvalue weighted by Gasteiger charge is 2.57. The number of rotatable bonds is 3. The number of fused-ring (bicyclic) bond motifs is 5. The Labute approximate surface area is 186 Å². The number of imidazole rings is 1. The van der Waals surface area contributed by atoms with Gasteiger partial charge in [-0.3, -0.25) is 0 Å². The Morgan fingerprint density at radius 2 is 2.00 bits per heavy atom. The van der Waals surface area contributed by atoms with E-state index in [1.54, 1.807) is 0 Å². The van der Waals surface area contributed by atoms with Crippen molar-refractivity contribution >= 4 is 11.6 Å². The molecule has 5 rings (SSSR count). The minimum Gasteiger partial charge on any atom is -0.378 e. The molecule has 1 aromatic rings. The third-order valence-electron chi connectivity index (χ3n) is 9.73. The van der Waals surface area contributed by atoms with Crippen molar-refractivity contribution < 1.29 is 5.11 Å². The Morgan fingerprint density at radius 1 is 1.17 bits per heavy atom. The Kier molecular flexibility index (Phi) is 5.31. The zero-order valence-electron chi connectivity index (χ0n) is 18.2. The highest BCUT2D eigenvalue weighted by Crippen LogP contribution is 2.65. The van der Waals surface area contributed by atoms with Crippen molar-refractivity contribution in [2.45, 2.75) is 76.9 Å². The highest BCUT2D eigenvalue weighted by molar-refractivity contribution is 6.30. The molecule has 4 fully saturated rings. The van der Waals surface area contributed by atoms with Crippen LogP contribution in [-0.2, 0) is 6.54 Å². The molecule has 4 aliphatic rings. The van der Waals surface area contributed by atoms with Crippen molar-refractivity contribution in [2.75, 3.05) is 0 Å². The van der Waals surface area contributed by atoms with Gasteiger partial charge < -0.3 is 9.67 Å². The van der Waals surface area contributed by atoms with Gasteiger partial charge in [-0.05, 0) is 110 Å². The summed E-state index contributed by atoms with van der Waals surface area (Å²) in [7, 11) is 0. The fourth-order valence-corrected chi connectivity index (χ4v) is 8.65. The van der Waals surface area contributed by atoms with Crippen LogP contribution < -0.4 is 0 Å². The number of aromatic nitrogens is 2. The first kappa shape index (κ1) is 20.7. The second-order valence-electron chi connectivity index (χ2n) is 11.0. The van der Waals surface area contributed by atoms with Gasteiger partial charge in [-0.15, -0.1) is 0 Å². The zero-order chi connectivity index (χ0) is 20.9. The first-order chi connectivity index (χ1) is 14.4. The predicted octanol–water partition coefficient (Wildman–Crippen LogP) is 5.64. The number of halogens is 1. The summed E-state index contributed by atoms with van der Waals surface area (Å²) in [5.74, 6) is 7.48. The molecule has 0 radical (unpaired) electrons. The molecule has 0 bridgehead atoms. The molecule has 0 spiro atoms. The minimum atomic E-state index is -0.845. The molecule has 0 amide bonds. The fourth-order valence-electron chi connectivity index (χ4n) is 8.48. The number of hydrogen-bond donors (Lipinski definition) is 1. The number of aliphatic hydroxyl groups is 1. The van der Waals surface area contributed by atoms with Gasteiger partial charge in [0.05, 0.1) is 6.33 Å². The van der Waals surface area contributed by atoms with E-state index < -0.39 is 5.60 Å². The van der Waals surface area contributed by atoms with E-state index in [4.69, 9.17) is 11.6 Å². The van der Waals surface area contributed by atoms with Gasteiger partial charge in [-0.2, -0.15) is 0 Å². The lowest BCUT2D eigenvalue weighted by molar-refractivity contribution is -0.0874. The Balaban J connectivity index is 1.31. The average Bonchev–Trinajstić information content (AvgIpc) is 3.34. The van der Waals surface area contributed by atoms with Crippen LogP contribution in [0.25, 0.3) is 0 Å². The van der Waals surface area contributed by atoms with Gasteiger partial charge in [0.1, 0.15) is 5.60 Å². The van der Waals surface area contributed by atoms with Crippen molar-refractivity contribution in [3.63, 3.8) is 0 Å². The molecule has 1 N–H and O–H groups in total. The summed E-state index contributed by atoms with van der Waals surface area (Å²) >= 11 is 5.64. The maximum absolute atomic E-state index is 10.8. The molecule has 4 heteroatoms. The molecule has 1 aromatic heterocycles.